The second-order valence-corrected chi connectivity index (χ2v) is 3.92. The van der Waals surface area contributed by atoms with Crippen molar-refractivity contribution in [2.45, 2.75) is 12.8 Å². The Hall–Kier alpha value is -1.59. The summed E-state index contributed by atoms with van der Waals surface area (Å²) in [7, 11) is 0. The Morgan fingerprint density at radius 2 is 2.11 bits per heavy atom. The molecule has 100 valence electrons. The third-order valence-corrected chi connectivity index (χ3v) is 2.43. The molecule has 0 atom stereocenters. The first kappa shape index (κ1) is 14.5. The van der Waals surface area contributed by atoms with Gasteiger partial charge in [0.2, 0.25) is 5.91 Å². The number of aliphatic hydroxyl groups is 1. The zero-order valence-corrected chi connectivity index (χ0v) is 10.4. The lowest BCUT2D eigenvalue weighted by atomic mass is 10.1. The topological polar surface area (TPSA) is 84.6 Å². The number of ether oxygens (including phenoxy) is 1. The maximum Gasteiger partial charge on any atom is 0.224 e. The van der Waals surface area contributed by atoms with Gasteiger partial charge in [-0.15, -0.1) is 0 Å². The lowest BCUT2D eigenvalue weighted by Crippen LogP contribution is -2.27. The monoisotopic (exact) mass is 252 g/mol. The van der Waals surface area contributed by atoms with Gasteiger partial charge >= 0.3 is 0 Å². The van der Waals surface area contributed by atoms with Crippen LogP contribution in [0.5, 0.6) is 0 Å². The number of aliphatic hydroxyl groups excluding tert-OH is 1. The molecule has 0 unspecified atom stereocenters. The second kappa shape index (κ2) is 8.49. The molecule has 0 saturated carbocycles. The minimum Gasteiger partial charge on any atom is -0.398 e. The Labute approximate surface area is 107 Å². The summed E-state index contributed by atoms with van der Waals surface area (Å²) in [5.74, 6) is -0.0462. The number of nitrogen functional groups attached to an aromatic ring is 1. The average Bonchev–Trinajstić information content (AvgIpc) is 2.36. The summed E-state index contributed by atoms with van der Waals surface area (Å²) < 4.78 is 5.08. The molecule has 1 rings (SSSR count). The van der Waals surface area contributed by atoms with Gasteiger partial charge in [0.15, 0.2) is 0 Å². The van der Waals surface area contributed by atoms with Crippen LogP contribution in [0.3, 0.4) is 0 Å². The summed E-state index contributed by atoms with van der Waals surface area (Å²) in [6.45, 7) is 1.47. The molecule has 0 aromatic heterocycles. The molecule has 0 spiro atoms. The molecule has 5 nitrogen and oxygen atoms in total. The fourth-order valence-corrected chi connectivity index (χ4v) is 1.50. The van der Waals surface area contributed by atoms with Gasteiger partial charge in [-0.1, -0.05) is 18.2 Å². The standard InChI is InChI=1S/C13H20N2O3/c14-12-5-2-1-4-11(12)10-13(17)15-6-3-8-18-9-7-16/h1-2,4-5,16H,3,6-10,14H2,(H,15,17). The quantitative estimate of drug-likeness (QED) is 0.460. The van der Waals surface area contributed by atoms with E-state index in [-0.39, 0.29) is 12.5 Å². The Balaban J connectivity index is 2.16. The molecule has 0 aliphatic heterocycles. The summed E-state index contributed by atoms with van der Waals surface area (Å²) in [6, 6.07) is 7.33. The third-order valence-electron chi connectivity index (χ3n) is 2.43. The van der Waals surface area contributed by atoms with E-state index in [0.717, 1.165) is 12.0 Å². The van der Waals surface area contributed by atoms with E-state index in [1.165, 1.54) is 0 Å². The van der Waals surface area contributed by atoms with Crippen LogP contribution in [-0.2, 0) is 16.0 Å². The summed E-state index contributed by atoms with van der Waals surface area (Å²) in [4.78, 5) is 11.6. The molecular weight excluding hydrogens is 232 g/mol. The van der Waals surface area contributed by atoms with Crippen molar-refractivity contribution >= 4 is 11.6 Å². The van der Waals surface area contributed by atoms with Gasteiger partial charge in [-0.2, -0.15) is 0 Å². The highest BCUT2D eigenvalue weighted by Crippen LogP contribution is 2.10. The van der Waals surface area contributed by atoms with Crippen LogP contribution in [0.15, 0.2) is 24.3 Å². The van der Waals surface area contributed by atoms with Gasteiger partial charge < -0.3 is 20.9 Å². The molecule has 0 aliphatic rings. The van der Waals surface area contributed by atoms with E-state index < -0.39 is 0 Å². The van der Waals surface area contributed by atoms with Crippen molar-refractivity contribution in [3.05, 3.63) is 29.8 Å². The predicted octanol–water partition coefficient (Wildman–Crippen LogP) is 0.326. The van der Waals surface area contributed by atoms with Crippen molar-refractivity contribution in [3.8, 4) is 0 Å². The summed E-state index contributed by atoms with van der Waals surface area (Å²) in [6.07, 6.45) is 1.03. The smallest absolute Gasteiger partial charge is 0.224 e. The molecule has 18 heavy (non-hydrogen) atoms. The summed E-state index contributed by atoms with van der Waals surface area (Å²) in [5.41, 5.74) is 7.23. The maximum atomic E-state index is 11.6. The third kappa shape index (κ3) is 5.65. The summed E-state index contributed by atoms with van der Waals surface area (Å²) >= 11 is 0. The predicted molar refractivity (Wildman–Crippen MR) is 70.1 cm³/mol. The van der Waals surface area contributed by atoms with Crippen molar-refractivity contribution in [3.63, 3.8) is 0 Å². The van der Waals surface area contributed by atoms with Crippen LogP contribution in [-0.4, -0.2) is 37.4 Å². The molecule has 0 fully saturated rings. The Kier molecular flexibility index (Phi) is 6.83. The number of carbonyl (C=O) groups excluding carboxylic acids is 1. The number of carbonyl (C=O) groups is 1. The number of benzene rings is 1. The number of nitrogens with one attached hydrogen (secondary N) is 1. The Morgan fingerprint density at radius 3 is 2.83 bits per heavy atom. The number of nitrogens with two attached hydrogens (primary N) is 1. The van der Waals surface area contributed by atoms with Crippen molar-refractivity contribution in [2.24, 2.45) is 0 Å². The normalized spacial score (nSPS) is 10.3. The van der Waals surface area contributed by atoms with Crippen LogP contribution in [0.4, 0.5) is 5.69 Å². The first-order valence-corrected chi connectivity index (χ1v) is 6.02. The molecule has 1 amide bonds. The molecule has 0 heterocycles. The number of hydrogen-bond acceptors (Lipinski definition) is 4. The van der Waals surface area contributed by atoms with Gasteiger partial charge in [-0.25, -0.2) is 0 Å². The maximum absolute atomic E-state index is 11.6. The summed E-state index contributed by atoms with van der Waals surface area (Å²) in [5, 5.41) is 11.3. The zero-order valence-electron chi connectivity index (χ0n) is 10.4. The molecule has 1 aromatic carbocycles. The van der Waals surface area contributed by atoms with Gasteiger partial charge in [0.05, 0.1) is 19.6 Å². The highest BCUT2D eigenvalue weighted by Gasteiger charge is 2.04. The zero-order chi connectivity index (χ0) is 13.2. The van der Waals surface area contributed by atoms with Crippen LogP contribution in [0.2, 0.25) is 0 Å². The van der Waals surface area contributed by atoms with Gasteiger partial charge in [0.1, 0.15) is 0 Å². The van der Waals surface area contributed by atoms with E-state index >= 15 is 0 Å². The molecule has 1 aromatic rings. The van der Waals surface area contributed by atoms with Gasteiger partial charge in [-0.3, -0.25) is 4.79 Å². The second-order valence-electron chi connectivity index (χ2n) is 3.92. The first-order valence-electron chi connectivity index (χ1n) is 6.02. The van der Waals surface area contributed by atoms with Crippen LogP contribution in [0.25, 0.3) is 0 Å². The molecule has 0 radical (unpaired) electrons. The van der Waals surface area contributed by atoms with E-state index in [2.05, 4.69) is 5.32 Å². The van der Waals surface area contributed by atoms with E-state index in [9.17, 15) is 4.79 Å². The fraction of sp³-hybridized carbons (Fsp3) is 0.462. The lowest BCUT2D eigenvalue weighted by Gasteiger charge is -2.07. The van der Waals surface area contributed by atoms with Gasteiger partial charge in [0, 0.05) is 18.8 Å². The van der Waals surface area contributed by atoms with Crippen molar-refractivity contribution in [1.29, 1.82) is 0 Å². The lowest BCUT2D eigenvalue weighted by molar-refractivity contribution is -0.120. The highest BCUT2D eigenvalue weighted by atomic mass is 16.5. The van der Waals surface area contributed by atoms with Crippen LogP contribution >= 0.6 is 0 Å². The number of anilines is 1. The molecule has 0 bridgehead atoms. The van der Waals surface area contributed by atoms with Crippen LogP contribution in [0, 0.1) is 0 Å². The van der Waals surface area contributed by atoms with Gasteiger partial charge in [-0.05, 0) is 18.1 Å². The highest BCUT2D eigenvalue weighted by molar-refractivity contribution is 5.80. The Bertz CT molecular complexity index is 369. The number of para-hydroxylation sites is 1. The van der Waals surface area contributed by atoms with E-state index in [1.54, 1.807) is 6.07 Å². The molecule has 5 heteroatoms. The SMILES string of the molecule is Nc1ccccc1CC(=O)NCCCOCCO. The van der Waals surface area contributed by atoms with E-state index in [4.69, 9.17) is 15.6 Å². The number of amides is 1. The van der Waals surface area contributed by atoms with Crippen molar-refractivity contribution in [2.75, 3.05) is 32.1 Å². The molecule has 4 N–H and O–H groups in total. The molecule has 0 aliphatic carbocycles. The van der Waals surface area contributed by atoms with E-state index in [1.807, 2.05) is 18.2 Å². The van der Waals surface area contributed by atoms with Gasteiger partial charge in [0.25, 0.3) is 0 Å². The van der Waals surface area contributed by atoms with Crippen LogP contribution < -0.4 is 11.1 Å². The van der Waals surface area contributed by atoms with Crippen molar-refractivity contribution < 1.29 is 14.6 Å². The fourth-order valence-electron chi connectivity index (χ4n) is 1.50. The Morgan fingerprint density at radius 1 is 1.33 bits per heavy atom. The minimum absolute atomic E-state index is 0.0274. The van der Waals surface area contributed by atoms with Crippen molar-refractivity contribution in [1.82, 2.24) is 5.32 Å². The molecule has 0 saturated heterocycles. The average molecular weight is 252 g/mol. The first-order chi connectivity index (χ1) is 8.74. The largest absolute Gasteiger partial charge is 0.398 e. The number of hydrogen-bond donors (Lipinski definition) is 3. The van der Waals surface area contributed by atoms with E-state index in [0.29, 0.717) is 31.9 Å². The molecular formula is C13H20N2O3. The number of rotatable bonds is 8. The van der Waals surface area contributed by atoms with Crippen LogP contribution in [0.1, 0.15) is 12.0 Å². The minimum atomic E-state index is -0.0462.